The lowest BCUT2D eigenvalue weighted by molar-refractivity contribution is -0.137. The number of nitrogens with two attached hydrogens (primary N) is 1. The van der Waals surface area contributed by atoms with Crippen LogP contribution in [0.15, 0.2) is 30.3 Å². The molecule has 0 saturated heterocycles. The van der Waals surface area contributed by atoms with Crippen LogP contribution in [-0.2, 0) is 6.18 Å². The highest BCUT2D eigenvalue weighted by Gasteiger charge is 2.30. The second-order valence-electron chi connectivity index (χ2n) is 4.91. The average molecular weight is 337 g/mol. The third-order valence-electron chi connectivity index (χ3n) is 3.20. The van der Waals surface area contributed by atoms with Gasteiger partial charge in [-0.3, -0.25) is 4.79 Å². The number of primary amides is 1. The van der Waals surface area contributed by atoms with E-state index in [2.05, 4.69) is 9.97 Å². The molecule has 2 aromatic heterocycles. The van der Waals surface area contributed by atoms with E-state index in [4.69, 9.17) is 5.73 Å². The zero-order valence-corrected chi connectivity index (χ0v) is 12.6. The Morgan fingerprint density at radius 3 is 2.61 bits per heavy atom. The van der Waals surface area contributed by atoms with E-state index in [0.29, 0.717) is 10.2 Å². The summed E-state index contributed by atoms with van der Waals surface area (Å²) in [5, 5.41) is 0.594. The molecule has 0 fully saturated rings. The molecule has 0 bridgehead atoms. The molecule has 0 saturated carbocycles. The fourth-order valence-corrected chi connectivity index (χ4v) is 3.09. The van der Waals surface area contributed by atoms with E-state index in [1.54, 1.807) is 6.07 Å². The highest BCUT2D eigenvalue weighted by molar-refractivity contribution is 7.18. The molecule has 2 heterocycles. The molecule has 1 amide bonds. The first-order chi connectivity index (χ1) is 10.8. The van der Waals surface area contributed by atoms with Crippen LogP contribution in [0.3, 0.4) is 0 Å². The summed E-state index contributed by atoms with van der Waals surface area (Å²) in [5.74, 6) is -1.04. The van der Waals surface area contributed by atoms with Gasteiger partial charge in [-0.15, -0.1) is 11.3 Å². The number of rotatable bonds is 2. The van der Waals surface area contributed by atoms with Crippen molar-refractivity contribution in [2.75, 3.05) is 0 Å². The maximum absolute atomic E-state index is 12.9. The largest absolute Gasteiger partial charge is 0.416 e. The Morgan fingerprint density at radius 2 is 1.96 bits per heavy atom. The smallest absolute Gasteiger partial charge is 0.363 e. The Labute approximate surface area is 132 Å². The van der Waals surface area contributed by atoms with Gasteiger partial charge in [0, 0.05) is 15.8 Å². The quantitative estimate of drug-likeness (QED) is 0.773. The topological polar surface area (TPSA) is 68.9 Å². The predicted molar refractivity (Wildman–Crippen MR) is 81.1 cm³/mol. The van der Waals surface area contributed by atoms with Gasteiger partial charge in [-0.05, 0) is 25.1 Å². The number of alkyl halides is 3. The van der Waals surface area contributed by atoms with Gasteiger partial charge < -0.3 is 5.73 Å². The number of thiophene rings is 1. The maximum Gasteiger partial charge on any atom is 0.416 e. The fraction of sp³-hybridized carbons (Fsp3) is 0.133. The van der Waals surface area contributed by atoms with Crippen molar-refractivity contribution in [3.05, 3.63) is 46.6 Å². The molecule has 23 heavy (non-hydrogen) atoms. The van der Waals surface area contributed by atoms with E-state index in [9.17, 15) is 18.0 Å². The lowest BCUT2D eigenvalue weighted by atomic mass is 10.1. The minimum Gasteiger partial charge on any atom is -0.363 e. The number of aromatic nitrogens is 2. The summed E-state index contributed by atoms with van der Waals surface area (Å²) in [5.41, 5.74) is 4.96. The van der Waals surface area contributed by atoms with Crippen molar-refractivity contribution in [2.24, 2.45) is 5.73 Å². The van der Waals surface area contributed by atoms with Crippen molar-refractivity contribution in [3.8, 4) is 11.3 Å². The number of aryl methyl sites for hydroxylation is 1. The molecular formula is C15H10F3N3OS. The van der Waals surface area contributed by atoms with E-state index >= 15 is 0 Å². The number of fused-ring (bicyclic) bond motifs is 1. The van der Waals surface area contributed by atoms with Gasteiger partial charge in [0.2, 0.25) is 5.82 Å². The van der Waals surface area contributed by atoms with Crippen molar-refractivity contribution in [2.45, 2.75) is 13.1 Å². The first-order valence-corrected chi connectivity index (χ1v) is 7.33. The number of carbonyl (C=O) groups is 1. The van der Waals surface area contributed by atoms with E-state index in [1.807, 2.05) is 6.92 Å². The van der Waals surface area contributed by atoms with Gasteiger partial charge >= 0.3 is 6.18 Å². The number of carbonyl (C=O) groups excluding carboxylic acids is 1. The van der Waals surface area contributed by atoms with Crippen LogP contribution in [0.4, 0.5) is 13.2 Å². The van der Waals surface area contributed by atoms with Crippen molar-refractivity contribution < 1.29 is 18.0 Å². The molecule has 3 rings (SSSR count). The second-order valence-corrected chi connectivity index (χ2v) is 6.15. The molecule has 118 valence electrons. The summed E-state index contributed by atoms with van der Waals surface area (Å²) in [6, 6.07) is 6.57. The standard InChI is InChI=1S/C15H10F3N3OS/c1-7-5-10-11(20-13(12(19)22)21-14(10)23-7)8-3-2-4-9(6-8)15(16,17)18/h2-6H,1H3,(H2,19,22). The van der Waals surface area contributed by atoms with Crippen molar-refractivity contribution in [1.82, 2.24) is 9.97 Å². The van der Waals surface area contributed by atoms with Gasteiger partial charge in [-0.1, -0.05) is 12.1 Å². The highest BCUT2D eigenvalue weighted by Crippen LogP contribution is 2.35. The lowest BCUT2D eigenvalue weighted by Crippen LogP contribution is -2.15. The minimum absolute atomic E-state index is 0.216. The van der Waals surface area contributed by atoms with Crippen LogP contribution in [0.2, 0.25) is 0 Å². The summed E-state index contributed by atoms with van der Waals surface area (Å²) in [6.07, 6.45) is -4.46. The van der Waals surface area contributed by atoms with E-state index in [-0.39, 0.29) is 17.1 Å². The number of amides is 1. The Balaban J connectivity index is 2.28. The first kappa shape index (κ1) is 15.4. The molecule has 0 aliphatic carbocycles. The number of hydrogen-bond donors (Lipinski definition) is 1. The highest BCUT2D eigenvalue weighted by atomic mass is 32.1. The first-order valence-electron chi connectivity index (χ1n) is 6.51. The minimum atomic E-state index is -4.46. The van der Waals surface area contributed by atoms with Crippen LogP contribution in [0.5, 0.6) is 0 Å². The molecular weight excluding hydrogens is 327 g/mol. The third kappa shape index (κ3) is 2.89. The molecule has 8 heteroatoms. The normalized spacial score (nSPS) is 11.8. The Hall–Kier alpha value is -2.48. The number of benzene rings is 1. The number of hydrogen-bond acceptors (Lipinski definition) is 4. The summed E-state index contributed by atoms with van der Waals surface area (Å²) in [7, 11) is 0. The van der Waals surface area contributed by atoms with Gasteiger partial charge in [-0.25, -0.2) is 9.97 Å². The number of halogens is 3. The zero-order valence-electron chi connectivity index (χ0n) is 11.8. The van der Waals surface area contributed by atoms with Crippen molar-refractivity contribution in [3.63, 3.8) is 0 Å². The van der Waals surface area contributed by atoms with Gasteiger partial charge in [0.05, 0.1) is 11.3 Å². The number of nitrogens with zero attached hydrogens (tertiary/aromatic N) is 2. The lowest BCUT2D eigenvalue weighted by Gasteiger charge is -2.09. The molecule has 0 spiro atoms. The molecule has 0 atom stereocenters. The fourth-order valence-electron chi connectivity index (χ4n) is 2.22. The molecule has 0 unspecified atom stereocenters. The molecule has 1 aromatic carbocycles. The van der Waals surface area contributed by atoms with E-state index < -0.39 is 17.6 Å². The summed E-state index contributed by atoms with van der Waals surface area (Å²) in [4.78, 5) is 20.9. The molecule has 4 nitrogen and oxygen atoms in total. The monoisotopic (exact) mass is 337 g/mol. The second kappa shape index (κ2) is 5.31. The molecule has 0 radical (unpaired) electrons. The van der Waals surface area contributed by atoms with Gasteiger partial charge in [0.15, 0.2) is 0 Å². The Bertz CT molecular complexity index is 918. The van der Waals surface area contributed by atoms with Gasteiger partial charge in [0.1, 0.15) is 4.83 Å². The molecule has 3 aromatic rings. The van der Waals surface area contributed by atoms with Crippen LogP contribution in [-0.4, -0.2) is 15.9 Å². The summed E-state index contributed by atoms with van der Waals surface area (Å²) < 4.78 is 38.7. The average Bonchev–Trinajstić information content (AvgIpc) is 2.85. The maximum atomic E-state index is 12.9. The van der Waals surface area contributed by atoms with Crippen LogP contribution < -0.4 is 5.73 Å². The van der Waals surface area contributed by atoms with E-state index in [0.717, 1.165) is 17.0 Å². The third-order valence-corrected chi connectivity index (χ3v) is 4.14. The van der Waals surface area contributed by atoms with Crippen LogP contribution in [0.25, 0.3) is 21.5 Å². The van der Waals surface area contributed by atoms with Gasteiger partial charge in [-0.2, -0.15) is 13.2 Å². The van der Waals surface area contributed by atoms with Crippen molar-refractivity contribution >= 4 is 27.5 Å². The molecule has 0 aliphatic heterocycles. The summed E-state index contributed by atoms with van der Waals surface area (Å²) in [6.45, 7) is 1.84. The molecule has 2 N–H and O–H groups in total. The summed E-state index contributed by atoms with van der Waals surface area (Å²) >= 11 is 1.32. The van der Waals surface area contributed by atoms with Crippen molar-refractivity contribution in [1.29, 1.82) is 0 Å². The zero-order chi connectivity index (χ0) is 16.8. The van der Waals surface area contributed by atoms with Crippen LogP contribution >= 0.6 is 11.3 Å². The predicted octanol–water partition coefficient (Wildman–Crippen LogP) is 3.78. The Kier molecular flexibility index (Phi) is 3.56. The van der Waals surface area contributed by atoms with Gasteiger partial charge in [0.25, 0.3) is 5.91 Å². The van der Waals surface area contributed by atoms with Crippen LogP contribution in [0, 0.1) is 6.92 Å². The van der Waals surface area contributed by atoms with E-state index in [1.165, 1.54) is 23.5 Å². The molecule has 0 aliphatic rings. The Morgan fingerprint density at radius 1 is 1.22 bits per heavy atom. The SMILES string of the molecule is Cc1cc2c(-c3cccc(C(F)(F)F)c3)nc(C(N)=O)nc2s1. The van der Waals surface area contributed by atoms with Crippen LogP contribution in [0.1, 0.15) is 21.1 Å².